The van der Waals surface area contributed by atoms with Crippen molar-refractivity contribution in [2.45, 2.75) is 13.5 Å². The van der Waals surface area contributed by atoms with Crippen molar-refractivity contribution in [3.05, 3.63) is 64.2 Å². The van der Waals surface area contributed by atoms with Gasteiger partial charge in [-0.1, -0.05) is 29.8 Å². The van der Waals surface area contributed by atoms with Crippen LogP contribution in [0.25, 0.3) is 22.6 Å². The number of carbonyl (C=O) groups excluding carboxylic acids is 1. The normalized spacial score (nSPS) is 10.7. The highest BCUT2D eigenvalue weighted by molar-refractivity contribution is 7.71. The second kappa shape index (κ2) is 8.60. The Hall–Kier alpha value is -3.30. The number of hydrogen-bond donors (Lipinski definition) is 2. The molecule has 0 fully saturated rings. The lowest BCUT2D eigenvalue weighted by molar-refractivity contribution is -0.116. The van der Waals surface area contributed by atoms with Crippen LogP contribution in [0.3, 0.4) is 0 Å². The predicted octanol–water partition coefficient (Wildman–Crippen LogP) is 4.69. The van der Waals surface area contributed by atoms with Crippen LogP contribution in [0.4, 0.5) is 5.13 Å². The molecular formula is C21H19N5O2S2. The molecule has 2 aromatic carbocycles. The Balaban J connectivity index is 1.48. The first-order chi connectivity index (χ1) is 14.5. The summed E-state index contributed by atoms with van der Waals surface area (Å²) in [6.07, 6.45) is 0. The number of methoxy groups -OCH3 is 1. The van der Waals surface area contributed by atoms with E-state index in [4.69, 9.17) is 17.0 Å². The van der Waals surface area contributed by atoms with Gasteiger partial charge in [0.05, 0.1) is 12.8 Å². The number of thiazole rings is 1. The highest BCUT2D eigenvalue weighted by atomic mass is 32.1. The fourth-order valence-corrected chi connectivity index (χ4v) is 3.85. The maximum absolute atomic E-state index is 12.6. The lowest BCUT2D eigenvalue weighted by Gasteiger charge is -2.07. The van der Waals surface area contributed by atoms with Crippen LogP contribution in [0, 0.1) is 11.7 Å². The van der Waals surface area contributed by atoms with Gasteiger partial charge in [-0.2, -0.15) is 5.10 Å². The van der Waals surface area contributed by atoms with Gasteiger partial charge >= 0.3 is 0 Å². The molecule has 1 amide bonds. The lowest BCUT2D eigenvalue weighted by atomic mass is 10.1. The molecule has 0 aliphatic heterocycles. The minimum absolute atomic E-state index is 0.0377. The molecule has 9 heteroatoms. The number of nitrogens with zero attached hydrogens (tertiary/aromatic N) is 3. The molecule has 2 N–H and O–H groups in total. The van der Waals surface area contributed by atoms with E-state index < -0.39 is 0 Å². The fourth-order valence-electron chi connectivity index (χ4n) is 2.92. The van der Waals surface area contributed by atoms with Gasteiger partial charge in [0.2, 0.25) is 5.91 Å². The lowest BCUT2D eigenvalue weighted by Crippen LogP contribution is -2.19. The van der Waals surface area contributed by atoms with Crippen molar-refractivity contribution in [3.8, 4) is 28.4 Å². The standard InChI is InChI=1S/C21H19N5O2S2/c1-13-3-5-15(6-4-13)19-24-25-21(29)26(19)11-18(27)23-20-22-17(12-30-20)14-7-9-16(28-2)10-8-14/h3-10,12H,11H2,1-2H3,(H,25,29)(H,22,23,27). The van der Waals surface area contributed by atoms with E-state index >= 15 is 0 Å². The van der Waals surface area contributed by atoms with Gasteiger partial charge in [-0.15, -0.1) is 11.3 Å². The summed E-state index contributed by atoms with van der Waals surface area (Å²) in [5.74, 6) is 1.17. The first-order valence-electron chi connectivity index (χ1n) is 9.15. The Labute approximate surface area is 182 Å². The maximum Gasteiger partial charge on any atom is 0.246 e. The van der Waals surface area contributed by atoms with Gasteiger partial charge < -0.3 is 10.1 Å². The monoisotopic (exact) mass is 437 g/mol. The molecule has 4 aromatic rings. The number of rotatable bonds is 6. The van der Waals surface area contributed by atoms with Gasteiger partial charge in [0.25, 0.3) is 0 Å². The minimum atomic E-state index is -0.225. The average Bonchev–Trinajstić information content (AvgIpc) is 3.36. The molecule has 4 rings (SSSR count). The number of H-pyrrole nitrogens is 1. The Kier molecular flexibility index (Phi) is 5.73. The number of carbonyl (C=O) groups is 1. The van der Waals surface area contributed by atoms with Crippen LogP contribution in [0.2, 0.25) is 0 Å². The van der Waals surface area contributed by atoms with Crippen molar-refractivity contribution in [1.82, 2.24) is 19.7 Å². The molecule has 2 heterocycles. The molecule has 0 radical (unpaired) electrons. The van der Waals surface area contributed by atoms with Gasteiger partial charge in [-0.25, -0.2) is 4.98 Å². The van der Waals surface area contributed by atoms with E-state index in [9.17, 15) is 4.79 Å². The number of aromatic nitrogens is 4. The van der Waals surface area contributed by atoms with Gasteiger partial charge in [0, 0.05) is 16.5 Å². The summed E-state index contributed by atoms with van der Waals surface area (Å²) < 4.78 is 7.24. The number of amides is 1. The van der Waals surface area contributed by atoms with Gasteiger partial charge in [-0.05, 0) is 43.4 Å². The molecule has 0 spiro atoms. The second-order valence-electron chi connectivity index (χ2n) is 6.62. The number of benzene rings is 2. The van der Waals surface area contributed by atoms with Crippen LogP contribution in [0.5, 0.6) is 5.75 Å². The number of nitrogens with one attached hydrogen (secondary N) is 2. The number of anilines is 1. The summed E-state index contributed by atoms with van der Waals surface area (Å²) in [7, 11) is 1.63. The van der Waals surface area contributed by atoms with E-state index in [0.29, 0.717) is 15.7 Å². The van der Waals surface area contributed by atoms with Crippen LogP contribution >= 0.6 is 23.6 Å². The third-order valence-corrected chi connectivity index (χ3v) is 5.58. The number of aryl methyl sites for hydroxylation is 1. The molecule has 0 saturated carbocycles. The van der Waals surface area contributed by atoms with E-state index in [0.717, 1.165) is 28.1 Å². The minimum Gasteiger partial charge on any atom is -0.497 e. The Bertz CT molecular complexity index is 1220. The van der Waals surface area contributed by atoms with Gasteiger partial charge in [0.15, 0.2) is 15.7 Å². The average molecular weight is 438 g/mol. The van der Waals surface area contributed by atoms with E-state index in [2.05, 4.69) is 20.5 Å². The van der Waals surface area contributed by atoms with Crippen molar-refractivity contribution in [3.63, 3.8) is 0 Å². The first-order valence-corrected chi connectivity index (χ1v) is 10.4. The van der Waals surface area contributed by atoms with Crippen LogP contribution in [0.15, 0.2) is 53.9 Å². The molecule has 2 aromatic heterocycles. The summed E-state index contributed by atoms with van der Waals surface area (Å²) in [4.78, 5) is 17.1. The summed E-state index contributed by atoms with van der Waals surface area (Å²) in [5.41, 5.74) is 3.77. The fraction of sp³-hybridized carbons (Fsp3) is 0.143. The molecular weight excluding hydrogens is 418 g/mol. The second-order valence-corrected chi connectivity index (χ2v) is 7.86. The summed E-state index contributed by atoms with van der Waals surface area (Å²) in [5, 5.41) is 12.3. The Morgan fingerprint density at radius 1 is 1.17 bits per heavy atom. The number of ether oxygens (including phenoxy) is 1. The summed E-state index contributed by atoms with van der Waals surface area (Å²) in [6, 6.07) is 15.5. The van der Waals surface area contributed by atoms with E-state index in [1.54, 1.807) is 11.7 Å². The third kappa shape index (κ3) is 4.32. The van der Waals surface area contributed by atoms with E-state index in [1.165, 1.54) is 11.3 Å². The zero-order chi connectivity index (χ0) is 21.1. The quantitative estimate of drug-likeness (QED) is 0.428. The summed E-state index contributed by atoms with van der Waals surface area (Å²) >= 11 is 6.68. The zero-order valence-electron chi connectivity index (χ0n) is 16.4. The first kappa shape index (κ1) is 20.0. The topological polar surface area (TPSA) is 84.8 Å². The van der Waals surface area contributed by atoms with E-state index in [-0.39, 0.29) is 12.5 Å². The molecule has 0 unspecified atom stereocenters. The molecule has 0 saturated heterocycles. The zero-order valence-corrected chi connectivity index (χ0v) is 18.0. The van der Waals surface area contributed by atoms with Crippen molar-refractivity contribution in [2.75, 3.05) is 12.4 Å². The van der Waals surface area contributed by atoms with Crippen molar-refractivity contribution in [2.24, 2.45) is 0 Å². The molecule has 0 aliphatic carbocycles. The highest BCUT2D eigenvalue weighted by Crippen LogP contribution is 2.26. The molecule has 152 valence electrons. The largest absolute Gasteiger partial charge is 0.497 e. The molecule has 0 atom stereocenters. The molecule has 0 aliphatic rings. The van der Waals surface area contributed by atoms with Gasteiger partial charge in [-0.3, -0.25) is 14.5 Å². The smallest absolute Gasteiger partial charge is 0.246 e. The van der Waals surface area contributed by atoms with Gasteiger partial charge in [0.1, 0.15) is 12.3 Å². The number of aromatic amines is 1. The van der Waals surface area contributed by atoms with Crippen molar-refractivity contribution < 1.29 is 9.53 Å². The molecule has 0 bridgehead atoms. The Morgan fingerprint density at radius 3 is 2.57 bits per heavy atom. The maximum atomic E-state index is 12.6. The SMILES string of the molecule is COc1ccc(-c2csc(NC(=O)Cn3c(-c4ccc(C)cc4)n[nH]c3=S)n2)cc1. The van der Waals surface area contributed by atoms with Crippen LogP contribution in [0.1, 0.15) is 5.56 Å². The van der Waals surface area contributed by atoms with Crippen molar-refractivity contribution in [1.29, 1.82) is 0 Å². The highest BCUT2D eigenvalue weighted by Gasteiger charge is 2.14. The van der Waals surface area contributed by atoms with Crippen molar-refractivity contribution >= 4 is 34.6 Å². The predicted molar refractivity (Wildman–Crippen MR) is 120 cm³/mol. The van der Waals surface area contributed by atoms with E-state index in [1.807, 2.05) is 60.8 Å². The summed E-state index contributed by atoms with van der Waals surface area (Å²) in [6.45, 7) is 2.05. The molecule has 30 heavy (non-hydrogen) atoms. The van der Waals surface area contributed by atoms with Crippen LogP contribution in [-0.2, 0) is 11.3 Å². The molecule has 7 nitrogen and oxygen atoms in total. The Morgan fingerprint density at radius 2 is 1.87 bits per heavy atom. The number of hydrogen-bond acceptors (Lipinski definition) is 6. The van der Waals surface area contributed by atoms with Crippen LogP contribution < -0.4 is 10.1 Å². The third-order valence-electron chi connectivity index (χ3n) is 4.51. The van der Waals surface area contributed by atoms with Crippen LogP contribution in [-0.4, -0.2) is 32.8 Å².